The lowest BCUT2D eigenvalue weighted by Gasteiger charge is -2.40. The Kier molecular flexibility index (Phi) is 4.25. The first kappa shape index (κ1) is 15.6. The van der Waals surface area contributed by atoms with Crippen LogP contribution in [0.3, 0.4) is 0 Å². The van der Waals surface area contributed by atoms with Crippen LogP contribution in [0.2, 0.25) is 0 Å². The lowest BCUT2D eigenvalue weighted by atomic mass is 9.65. The Morgan fingerprint density at radius 2 is 2.05 bits per heavy atom. The molecule has 0 aromatic carbocycles. The molecule has 1 heterocycles. The third kappa shape index (κ3) is 2.83. The van der Waals surface area contributed by atoms with E-state index in [1.807, 2.05) is 0 Å². The van der Waals surface area contributed by atoms with Crippen molar-refractivity contribution in [2.45, 2.75) is 90.8 Å². The van der Waals surface area contributed by atoms with Crippen molar-refractivity contribution in [3.05, 3.63) is 12.2 Å². The Morgan fingerprint density at radius 3 is 2.76 bits per heavy atom. The van der Waals surface area contributed by atoms with Gasteiger partial charge in [-0.05, 0) is 61.7 Å². The fourth-order valence-corrected chi connectivity index (χ4v) is 5.25. The van der Waals surface area contributed by atoms with E-state index in [9.17, 15) is 0 Å². The Labute approximate surface area is 131 Å². The first-order valence-electron chi connectivity index (χ1n) is 9.32. The van der Waals surface area contributed by atoms with E-state index in [0.717, 1.165) is 17.8 Å². The molecule has 1 heteroatoms. The monoisotopic (exact) mass is 290 g/mol. The first-order chi connectivity index (χ1) is 9.96. The number of ether oxygens (including phenoxy) is 1. The summed E-state index contributed by atoms with van der Waals surface area (Å²) in [5, 5.41) is 0. The Bertz CT molecular complexity index is 391. The van der Waals surface area contributed by atoms with Crippen molar-refractivity contribution >= 4 is 0 Å². The van der Waals surface area contributed by atoms with Gasteiger partial charge in [-0.2, -0.15) is 0 Å². The average Bonchev–Trinajstić information content (AvgIpc) is 2.70. The number of hydrogen-bond donors (Lipinski definition) is 0. The molecule has 1 spiro atoms. The van der Waals surface area contributed by atoms with Crippen molar-refractivity contribution in [3.8, 4) is 0 Å². The molecule has 1 saturated heterocycles. The highest BCUT2D eigenvalue weighted by molar-refractivity contribution is 5.17. The van der Waals surface area contributed by atoms with E-state index in [-0.39, 0.29) is 5.60 Å². The van der Waals surface area contributed by atoms with Crippen molar-refractivity contribution in [2.75, 3.05) is 0 Å². The van der Waals surface area contributed by atoms with Crippen LogP contribution in [0.5, 0.6) is 0 Å². The standard InChI is InChI=1S/C20H34O/c1-5-6-10-17(19(2,3)4)18-15-11-12-16-9-7-8-13-20(16,14-15)21-18/h8,13,15-18H,5-7,9-12,14H2,1-4H3. The second-order valence-electron chi connectivity index (χ2n) is 8.87. The van der Waals surface area contributed by atoms with Crippen LogP contribution in [-0.4, -0.2) is 11.7 Å². The zero-order valence-electron chi connectivity index (χ0n) is 14.5. The summed E-state index contributed by atoms with van der Waals surface area (Å²) in [7, 11) is 0. The summed E-state index contributed by atoms with van der Waals surface area (Å²) < 4.78 is 6.88. The van der Waals surface area contributed by atoms with Gasteiger partial charge in [0.25, 0.3) is 0 Å². The summed E-state index contributed by atoms with van der Waals surface area (Å²) >= 11 is 0. The maximum Gasteiger partial charge on any atom is 0.0898 e. The van der Waals surface area contributed by atoms with Crippen molar-refractivity contribution < 1.29 is 4.74 Å². The van der Waals surface area contributed by atoms with Crippen LogP contribution >= 0.6 is 0 Å². The Hall–Kier alpha value is -0.300. The van der Waals surface area contributed by atoms with E-state index in [1.165, 1.54) is 51.4 Å². The van der Waals surface area contributed by atoms with E-state index in [1.54, 1.807) is 0 Å². The van der Waals surface area contributed by atoms with Crippen LogP contribution in [-0.2, 0) is 4.74 Å². The quantitative estimate of drug-likeness (QED) is 0.600. The number of unbranched alkanes of at least 4 members (excludes halogenated alkanes) is 1. The average molecular weight is 290 g/mol. The van der Waals surface area contributed by atoms with Gasteiger partial charge in [0.2, 0.25) is 0 Å². The molecule has 2 bridgehead atoms. The fraction of sp³-hybridized carbons (Fsp3) is 0.900. The SMILES string of the molecule is CCCCC(C1OC23C=CCCC2CCC1C3)C(C)(C)C. The molecule has 1 aliphatic heterocycles. The van der Waals surface area contributed by atoms with Gasteiger partial charge < -0.3 is 4.74 Å². The van der Waals surface area contributed by atoms with E-state index in [0.29, 0.717) is 11.5 Å². The molecule has 0 N–H and O–H groups in total. The van der Waals surface area contributed by atoms with Crippen LogP contribution in [0.25, 0.3) is 0 Å². The molecule has 120 valence electrons. The normalized spacial score (nSPS) is 40.1. The molecular formula is C20H34O. The van der Waals surface area contributed by atoms with Gasteiger partial charge in [-0.15, -0.1) is 0 Å². The maximum atomic E-state index is 6.88. The second kappa shape index (κ2) is 5.72. The molecule has 2 fully saturated rings. The van der Waals surface area contributed by atoms with Gasteiger partial charge in [0, 0.05) is 0 Å². The molecule has 1 nitrogen and oxygen atoms in total. The molecule has 5 unspecified atom stereocenters. The Morgan fingerprint density at radius 1 is 1.24 bits per heavy atom. The molecule has 5 atom stereocenters. The highest BCUT2D eigenvalue weighted by Crippen LogP contribution is 2.56. The molecule has 3 rings (SSSR count). The van der Waals surface area contributed by atoms with Gasteiger partial charge in [-0.1, -0.05) is 52.7 Å². The van der Waals surface area contributed by atoms with E-state index in [4.69, 9.17) is 4.74 Å². The van der Waals surface area contributed by atoms with E-state index >= 15 is 0 Å². The summed E-state index contributed by atoms with van der Waals surface area (Å²) in [6.45, 7) is 9.58. The van der Waals surface area contributed by atoms with Gasteiger partial charge >= 0.3 is 0 Å². The number of hydrogen-bond acceptors (Lipinski definition) is 1. The molecule has 2 aliphatic carbocycles. The minimum Gasteiger partial charge on any atom is -0.367 e. The second-order valence-corrected chi connectivity index (χ2v) is 8.87. The number of rotatable bonds is 4. The van der Waals surface area contributed by atoms with E-state index < -0.39 is 0 Å². The van der Waals surface area contributed by atoms with Gasteiger partial charge in [0.15, 0.2) is 0 Å². The topological polar surface area (TPSA) is 9.23 Å². The molecule has 0 aromatic rings. The predicted molar refractivity (Wildman–Crippen MR) is 89.3 cm³/mol. The van der Waals surface area contributed by atoms with Crippen molar-refractivity contribution in [2.24, 2.45) is 23.2 Å². The molecule has 1 saturated carbocycles. The van der Waals surface area contributed by atoms with Gasteiger partial charge in [0.05, 0.1) is 11.7 Å². The van der Waals surface area contributed by atoms with Crippen molar-refractivity contribution in [3.63, 3.8) is 0 Å². The first-order valence-corrected chi connectivity index (χ1v) is 9.32. The molecule has 21 heavy (non-hydrogen) atoms. The zero-order chi connectivity index (χ0) is 15.1. The van der Waals surface area contributed by atoms with Crippen LogP contribution in [0.1, 0.15) is 79.1 Å². The minimum absolute atomic E-state index is 0.127. The predicted octanol–water partition coefficient (Wildman–Crippen LogP) is 5.74. The molecular weight excluding hydrogens is 256 g/mol. The summed E-state index contributed by atoms with van der Waals surface area (Å²) in [5.74, 6) is 2.33. The third-order valence-electron chi connectivity index (χ3n) is 6.44. The highest BCUT2D eigenvalue weighted by atomic mass is 16.5. The highest BCUT2D eigenvalue weighted by Gasteiger charge is 2.55. The van der Waals surface area contributed by atoms with Crippen molar-refractivity contribution in [1.82, 2.24) is 0 Å². The van der Waals surface area contributed by atoms with Gasteiger partial charge in [-0.3, -0.25) is 0 Å². The molecule has 0 amide bonds. The van der Waals surface area contributed by atoms with Crippen LogP contribution in [0.15, 0.2) is 12.2 Å². The summed E-state index contributed by atoms with van der Waals surface area (Å²) in [6.07, 6.45) is 16.1. The molecule has 0 radical (unpaired) electrons. The molecule has 3 aliphatic rings. The van der Waals surface area contributed by atoms with Crippen molar-refractivity contribution in [1.29, 1.82) is 0 Å². The summed E-state index contributed by atoms with van der Waals surface area (Å²) in [6, 6.07) is 0. The summed E-state index contributed by atoms with van der Waals surface area (Å²) in [4.78, 5) is 0. The van der Waals surface area contributed by atoms with Gasteiger partial charge in [0.1, 0.15) is 0 Å². The summed E-state index contributed by atoms with van der Waals surface area (Å²) in [5.41, 5.74) is 0.489. The smallest absolute Gasteiger partial charge is 0.0898 e. The van der Waals surface area contributed by atoms with E-state index in [2.05, 4.69) is 39.8 Å². The fourth-order valence-electron chi connectivity index (χ4n) is 5.25. The maximum absolute atomic E-state index is 6.88. The van der Waals surface area contributed by atoms with Crippen LogP contribution < -0.4 is 0 Å². The zero-order valence-corrected chi connectivity index (χ0v) is 14.5. The molecule has 0 aromatic heterocycles. The third-order valence-corrected chi connectivity index (χ3v) is 6.44. The number of allylic oxidation sites excluding steroid dienone is 1. The van der Waals surface area contributed by atoms with Gasteiger partial charge in [-0.25, -0.2) is 0 Å². The lowest BCUT2D eigenvalue weighted by molar-refractivity contribution is -0.0872. The van der Waals surface area contributed by atoms with Crippen LogP contribution in [0.4, 0.5) is 0 Å². The number of fused-ring (bicyclic) bond motifs is 1. The lowest BCUT2D eigenvalue weighted by Crippen LogP contribution is -2.40. The van der Waals surface area contributed by atoms with Crippen LogP contribution in [0, 0.1) is 23.2 Å². The minimum atomic E-state index is 0.127. The largest absolute Gasteiger partial charge is 0.367 e. The Balaban J connectivity index is 1.82.